The molecule has 0 aliphatic carbocycles. The van der Waals surface area contributed by atoms with Crippen LogP contribution >= 0.6 is 0 Å². The van der Waals surface area contributed by atoms with Crippen molar-refractivity contribution in [3.63, 3.8) is 0 Å². The third kappa shape index (κ3) is 3.40. The molecular weight excluding hydrogens is 361 g/mol. The van der Waals surface area contributed by atoms with Crippen LogP contribution in [0.1, 0.15) is 15.9 Å². The number of morpholine rings is 1. The van der Waals surface area contributed by atoms with Gasteiger partial charge in [0.2, 0.25) is 0 Å². The molecule has 0 unspecified atom stereocenters. The van der Waals surface area contributed by atoms with Crippen molar-refractivity contribution < 1.29 is 27.1 Å². The van der Waals surface area contributed by atoms with Crippen molar-refractivity contribution in [1.29, 1.82) is 0 Å². The average molecular weight is 376 g/mol. The van der Waals surface area contributed by atoms with Gasteiger partial charge in [-0.25, -0.2) is 0 Å². The molecule has 1 saturated heterocycles. The van der Waals surface area contributed by atoms with E-state index >= 15 is 0 Å². The fourth-order valence-electron chi connectivity index (χ4n) is 3.08. The zero-order valence-corrected chi connectivity index (χ0v) is 14.1. The molecule has 3 aromatic rings. The van der Waals surface area contributed by atoms with E-state index in [1.54, 1.807) is 23.1 Å². The molecule has 8 heteroatoms. The summed E-state index contributed by atoms with van der Waals surface area (Å²) < 4.78 is 50.2. The smallest absolute Gasteiger partial charge is 0.420 e. The molecule has 0 N–H and O–H groups in total. The van der Waals surface area contributed by atoms with Crippen LogP contribution in [0.3, 0.4) is 0 Å². The third-order valence-corrected chi connectivity index (χ3v) is 4.46. The van der Waals surface area contributed by atoms with Gasteiger partial charge in [0.05, 0.1) is 36.3 Å². The lowest BCUT2D eigenvalue weighted by Crippen LogP contribution is -2.40. The third-order valence-electron chi connectivity index (χ3n) is 4.46. The molecule has 3 heterocycles. The van der Waals surface area contributed by atoms with E-state index in [4.69, 9.17) is 9.15 Å². The lowest BCUT2D eigenvalue weighted by molar-refractivity contribution is -0.136. The van der Waals surface area contributed by atoms with Crippen LogP contribution in [0.5, 0.6) is 0 Å². The van der Waals surface area contributed by atoms with Gasteiger partial charge in [0, 0.05) is 30.2 Å². The number of halogens is 3. The molecule has 0 radical (unpaired) electrons. The van der Waals surface area contributed by atoms with Crippen molar-refractivity contribution in [3.05, 3.63) is 53.9 Å². The van der Waals surface area contributed by atoms with Crippen LogP contribution in [0.2, 0.25) is 0 Å². The van der Waals surface area contributed by atoms with Crippen molar-refractivity contribution in [2.75, 3.05) is 26.3 Å². The van der Waals surface area contributed by atoms with Crippen LogP contribution < -0.4 is 0 Å². The van der Waals surface area contributed by atoms with E-state index in [0.717, 1.165) is 6.07 Å². The van der Waals surface area contributed by atoms with Crippen LogP contribution in [-0.2, 0) is 10.9 Å². The number of nitrogens with zero attached hydrogens (tertiary/aromatic N) is 2. The van der Waals surface area contributed by atoms with Crippen LogP contribution in [0.25, 0.3) is 22.2 Å². The Labute approximate surface area is 152 Å². The van der Waals surface area contributed by atoms with E-state index in [-0.39, 0.29) is 11.5 Å². The van der Waals surface area contributed by atoms with Crippen molar-refractivity contribution in [3.8, 4) is 11.3 Å². The van der Waals surface area contributed by atoms with Crippen molar-refractivity contribution in [2.45, 2.75) is 6.18 Å². The highest BCUT2D eigenvalue weighted by atomic mass is 19.4. The first-order valence-corrected chi connectivity index (χ1v) is 8.35. The molecule has 1 amide bonds. The van der Waals surface area contributed by atoms with E-state index in [1.165, 1.54) is 18.5 Å². The zero-order chi connectivity index (χ0) is 19.0. The summed E-state index contributed by atoms with van der Waals surface area (Å²) in [7, 11) is 0. The van der Waals surface area contributed by atoms with E-state index < -0.39 is 11.7 Å². The van der Waals surface area contributed by atoms with E-state index in [0.29, 0.717) is 48.5 Å². The summed E-state index contributed by atoms with van der Waals surface area (Å²) >= 11 is 0. The Morgan fingerprint density at radius 2 is 1.89 bits per heavy atom. The highest BCUT2D eigenvalue weighted by molar-refractivity contribution is 5.94. The number of ether oxygens (including phenoxy) is 1. The molecule has 1 aliphatic heterocycles. The van der Waals surface area contributed by atoms with Crippen molar-refractivity contribution in [1.82, 2.24) is 9.88 Å². The lowest BCUT2D eigenvalue weighted by atomic mass is 10.0. The predicted octanol–water partition coefficient (Wildman–Crippen LogP) is 3.99. The molecule has 1 aliphatic rings. The van der Waals surface area contributed by atoms with E-state index in [1.807, 2.05) is 0 Å². The Balaban J connectivity index is 1.67. The molecule has 4 rings (SSSR count). The number of pyridine rings is 1. The number of hydrogen-bond acceptors (Lipinski definition) is 4. The molecule has 1 fully saturated rings. The van der Waals surface area contributed by atoms with Gasteiger partial charge in [0.25, 0.3) is 5.91 Å². The topological polar surface area (TPSA) is 55.6 Å². The normalized spacial score (nSPS) is 15.3. The summed E-state index contributed by atoms with van der Waals surface area (Å²) in [6, 6.07) is 7.20. The average Bonchev–Trinajstić information content (AvgIpc) is 3.15. The van der Waals surface area contributed by atoms with Gasteiger partial charge in [-0.3, -0.25) is 9.78 Å². The number of benzene rings is 1. The van der Waals surface area contributed by atoms with E-state index in [2.05, 4.69) is 4.98 Å². The van der Waals surface area contributed by atoms with Crippen molar-refractivity contribution >= 4 is 16.9 Å². The maximum atomic E-state index is 13.3. The Morgan fingerprint density at radius 3 is 2.56 bits per heavy atom. The molecule has 27 heavy (non-hydrogen) atoms. The van der Waals surface area contributed by atoms with Crippen LogP contribution in [0.4, 0.5) is 13.2 Å². The summed E-state index contributed by atoms with van der Waals surface area (Å²) in [6.07, 6.45) is -1.93. The number of amides is 1. The first kappa shape index (κ1) is 17.5. The number of furan rings is 1. The van der Waals surface area contributed by atoms with Gasteiger partial charge in [-0.2, -0.15) is 13.2 Å². The van der Waals surface area contributed by atoms with Gasteiger partial charge >= 0.3 is 6.18 Å². The summed E-state index contributed by atoms with van der Waals surface area (Å²) in [5.74, 6) is -0.168. The SMILES string of the molecule is O=C(c1ccc(-c2cc(C(F)(F)F)c3occc3c2)nc1)N1CCOCC1. The maximum absolute atomic E-state index is 13.3. The van der Waals surface area contributed by atoms with Crippen LogP contribution in [0.15, 0.2) is 47.2 Å². The Hall–Kier alpha value is -2.87. The Bertz CT molecular complexity index is 974. The first-order chi connectivity index (χ1) is 12.9. The lowest BCUT2D eigenvalue weighted by Gasteiger charge is -2.26. The minimum atomic E-state index is -4.54. The molecule has 1 aromatic carbocycles. The predicted molar refractivity (Wildman–Crippen MR) is 91.2 cm³/mol. The number of aromatic nitrogens is 1. The number of hydrogen-bond donors (Lipinski definition) is 0. The molecule has 2 aromatic heterocycles. The fourth-order valence-corrected chi connectivity index (χ4v) is 3.08. The minimum Gasteiger partial charge on any atom is -0.464 e. The first-order valence-electron chi connectivity index (χ1n) is 8.35. The fraction of sp³-hybridized carbons (Fsp3) is 0.263. The standard InChI is InChI=1S/C19H15F3N2O3/c20-19(21,22)15-10-14(9-12-3-6-27-17(12)15)16-2-1-13(11-23-16)18(25)24-4-7-26-8-5-24/h1-3,6,9-11H,4-5,7-8H2. The van der Waals surface area contributed by atoms with E-state index in [9.17, 15) is 18.0 Å². The Morgan fingerprint density at radius 1 is 1.11 bits per heavy atom. The molecule has 5 nitrogen and oxygen atoms in total. The Kier molecular flexibility index (Phi) is 4.35. The minimum absolute atomic E-state index is 0.168. The largest absolute Gasteiger partial charge is 0.464 e. The summed E-state index contributed by atoms with van der Waals surface area (Å²) in [5, 5.41) is 0.343. The number of carbonyl (C=O) groups excluding carboxylic acids is 1. The highest BCUT2D eigenvalue weighted by Gasteiger charge is 2.34. The second kappa shape index (κ2) is 6.70. The number of fused-ring (bicyclic) bond motifs is 1. The monoisotopic (exact) mass is 376 g/mol. The van der Waals surface area contributed by atoms with Gasteiger partial charge in [0.15, 0.2) is 0 Å². The van der Waals surface area contributed by atoms with Gasteiger partial charge in [0.1, 0.15) is 5.58 Å². The second-order valence-corrected chi connectivity index (χ2v) is 6.20. The van der Waals surface area contributed by atoms with Crippen LogP contribution in [-0.4, -0.2) is 42.1 Å². The van der Waals surface area contributed by atoms with Gasteiger partial charge < -0.3 is 14.1 Å². The number of carbonyl (C=O) groups is 1. The van der Waals surface area contributed by atoms with Gasteiger partial charge in [-0.1, -0.05) is 0 Å². The van der Waals surface area contributed by atoms with Gasteiger partial charge in [-0.15, -0.1) is 0 Å². The van der Waals surface area contributed by atoms with Crippen LogP contribution in [0, 0.1) is 0 Å². The number of alkyl halides is 3. The quantitative estimate of drug-likeness (QED) is 0.679. The molecule has 0 atom stereocenters. The zero-order valence-electron chi connectivity index (χ0n) is 14.1. The molecule has 0 spiro atoms. The number of rotatable bonds is 2. The van der Waals surface area contributed by atoms with Gasteiger partial charge in [-0.05, 0) is 30.3 Å². The van der Waals surface area contributed by atoms with Crippen molar-refractivity contribution in [2.24, 2.45) is 0 Å². The summed E-state index contributed by atoms with van der Waals surface area (Å²) in [4.78, 5) is 18.3. The molecule has 0 bridgehead atoms. The summed E-state index contributed by atoms with van der Waals surface area (Å²) in [5.41, 5.74) is -0.00885. The second-order valence-electron chi connectivity index (χ2n) is 6.20. The highest BCUT2D eigenvalue weighted by Crippen LogP contribution is 2.38. The molecule has 140 valence electrons. The molecule has 0 saturated carbocycles. The summed E-state index contributed by atoms with van der Waals surface area (Å²) in [6.45, 7) is 1.99. The molecular formula is C19H15F3N2O3. The maximum Gasteiger partial charge on any atom is 0.420 e.